The van der Waals surface area contributed by atoms with Crippen molar-refractivity contribution >= 4 is 0 Å². The molecular weight excluding hydrogens is 178 g/mol. The molecule has 0 saturated carbocycles. The van der Waals surface area contributed by atoms with E-state index in [0.717, 1.165) is 19.3 Å². The molecule has 0 unspecified atom stereocenters. The molecule has 1 aliphatic heterocycles. The van der Waals surface area contributed by atoms with Gasteiger partial charge in [0.1, 0.15) is 6.10 Å². The summed E-state index contributed by atoms with van der Waals surface area (Å²) in [4.78, 5) is 5.32. The molecule has 1 rings (SSSR count). The molecule has 2 atom stereocenters. The molecule has 3 heteroatoms. The summed E-state index contributed by atoms with van der Waals surface area (Å²) >= 11 is 0. The Kier molecular flexibility index (Phi) is 4.11. The van der Waals surface area contributed by atoms with Crippen molar-refractivity contribution in [2.24, 2.45) is 5.92 Å². The topological polar surface area (TPSA) is 41.5 Å². The fourth-order valence-electron chi connectivity index (χ4n) is 2.22. The van der Waals surface area contributed by atoms with Crippen LogP contribution in [0.1, 0.15) is 33.1 Å². The molecule has 1 saturated heterocycles. The van der Waals surface area contributed by atoms with Gasteiger partial charge in [0.15, 0.2) is 0 Å². The fourth-order valence-corrected chi connectivity index (χ4v) is 2.22. The molecule has 0 aliphatic carbocycles. The Morgan fingerprint density at radius 2 is 2.43 bits per heavy atom. The highest BCUT2D eigenvalue weighted by atomic mass is 16.7. The molecule has 0 radical (unpaired) electrons. The first-order valence-electron chi connectivity index (χ1n) is 5.26. The lowest BCUT2D eigenvalue weighted by atomic mass is 9.83. The molecule has 3 nitrogen and oxygen atoms in total. The highest BCUT2D eigenvalue weighted by molar-refractivity contribution is 4.97. The lowest BCUT2D eigenvalue weighted by molar-refractivity contribution is -0.0152. The van der Waals surface area contributed by atoms with Gasteiger partial charge in [-0.05, 0) is 25.2 Å². The van der Waals surface area contributed by atoms with Crippen LogP contribution < -0.4 is 5.48 Å². The summed E-state index contributed by atoms with van der Waals surface area (Å²) in [5.74, 6) is 0.614. The Hall–Kier alpha value is -0.380. The first kappa shape index (κ1) is 11.7. The van der Waals surface area contributed by atoms with Crippen LogP contribution in [-0.4, -0.2) is 23.4 Å². The summed E-state index contributed by atoms with van der Waals surface area (Å²) in [5.41, 5.74) is 3.06. The molecule has 2 N–H and O–H groups in total. The van der Waals surface area contributed by atoms with Gasteiger partial charge >= 0.3 is 0 Å². The maximum absolute atomic E-state index is 9.01. The van der Waals surface area contributed by atoms with Gasteiger partial charge in [-0.15, -0.1) is 6.58 Å². The standard InChI is InChI=1S/C11H21NO2/c1-4-5-11(6-9(2)3)7-10(8-13)14-12-11/h4,9-10,12-13H,1,5-8H2,2-3H3/t10-,11-/m1/s1. The van der Waals surface area contributed by atoms with E-state index in [-0.39, 0.29) is 18.2 Å². The third-order valence-electron chi connectivity index (χ3n) is 2.60. The zero-order chi connectivity index (χ0) is 10.6. The average molecular weight is 199 g/mol. The van der Waals surface area contributed by atoms with Gasteiger partial charge in [0.25, 0.3) is 0 Å². The molecule has 1 fully saturated rings. The fraction of sp³-hybridized carbons (Fsp3) is 0.818. The van der Waals surface area contributed by atoms with Crippen LogP contribution in [0.2, 0.25) is 0 Å². The predicted octanol–water partition coefficient (Wildman–Crippen LogP) is 1.63. The van der Waals surface area contributed by atoms with Crippen molar-refractivity contribution in [2.75, 3.05) is 6.61 Å². The third-order valence-corrected chi connectivity index (χ3v) is 2.60. The Morgan fingerprint density at radius 1 is 1.71 bits per heavy atom. The van der Waals surface area contributed by atoms with Crippen LogP contribution >= 0.6 is 0 Å². The molecule has 82 valence electrons. The second-order valence-electron chi connectivity index (χ2n) is 4.60. The molecule has 0 aromatic rings. The van der Waals surface area contributed by atoms with E-state index in [1.165, 1.54) is 0 Å². The van der Waals surface area contributed by atoms with Gasteiger partial charge in [-0.1, -0.05) is 19.9 Å². The van der Waals surface area contributed by atoms with E-state index < -0.39 is 0 Å². The first-order chi connectivity index (χ1) is 6.62. The van der Waals surface area contributed by atoms with Crippen molar-refractivity contribution in [3.05, 3.63) is 12.7 Å². The van der Waals surface area contributed by atoms with Gasteiger partial charge in [0, 0.05) is 5.54 Å². The summed E-state index contributed by atoms with van der Waals surface area (Å²) in [7, 11) is 0. The molecular formula is C11H21NO2. The van der Waals surface area contributed by atoms with Crippen LogP contribution in [0.15, 0.2) is 12.7 Å². The van der Waals surface area contributed by atoms with E-state index in [9.17, 15) is 0 Å². The summed E-state index contributed by atoms with van der Waals surface area (Å²) in [6.45, 7) is 8.24. The molecule has 0 amide bonds. The second-order valence-corrected chi connectivity index (χ2v) is 4.60. The van der Waals surface area contributed by atoms with Crippen LogP contribution in [0.5, 0.6) is 0 Å². The van der Waals surface area contributed by atoms with Gasteiger partial charge in [0.2, 0.25) is 0 Å². The van der Waals surface area contributed by atoms with E-state index in [1.54, 1.807) is 0 Å². The summed E-state index contributed by atoms with van der Waals surface area (Å²) in [6, 6.07) is 0. The van der Waals surface area contributed by atoms with E-state index in [4.69, 9.17) is 9.94 Å². The highest BCUT2D eigenvalue weighted by Gasteiger charge is 2.39. The van der Waals surface area contributed by atoms with E-state index in [2.05, 4.69) is 25.9 Å². The van der Waals surface area contributed by atoms with Gasteiger partial charge < -0.3 is 5.11 Å². The first-order valence-corrected chi connectivity index (χ1v) is 5.26. The van der Waals surface area contributed by atoms with Gasteiger partial charge in [-0.3, -0.25) is 4.84 Å². The highest BCUT2D eigenvalue weighted by Crippen LogP contribution is 2.31. The average Bonchev–Trinajstić information content (AvgIpc) is 2.48. The minimum absolute atomic E-state index is 0.0106. The zero-order valence-electron chi connectivity index (χ0n) is 9.12. The summed E-state index contributed by atoms with van der Waals surface area (Å²) in [6.07, 6.45) is 4.66. The van der Waals surface area contributed by atoms with Crippen LogP contribution in [0.3, 0.4) is 0 Å². The minimum atomic E-state index is -0.0614. The van der Waals surface area contributed by atoms with E-state index in [0.29, 0.717) is 5.92 Å². The van der Waals surface area contributed by atoms with Crippen molar-refractivity contribution in [1.29, 1.82) is 0 Å². The van der Waals surface area contributed by atoms with Crippen LogP contribution in [0, 0.1) is 5.92 Å². The molecule has 1 heterocycles. The normalized spacial score (nSPS) is 32.4. The lowest BCUT2D eigenvalue weighted by Crippen LogP contribution is -2.39. The molecule has 0 spiro atoms. The Balaban J connectivity index is 2.59. The van der Waals surface area contributed by atoms with E-state index >= 15 is 0 Å². The Morgan fingerprint density at radius 3 is 2.86 bits per heavy atom. The van der Waals surface area contributed by atoms with Crippen LogP contribution in [0.25, 0.3) is 0 Å². The maximum atomic E-state index is 9.01. The van der Waals surface area contributed by atoms with E-state index in [1.807, 2.05) is 6.08 Å². The molecule has 0 bridgehead atoms. The molecule has 14 heavy (non-hydrogen) atoms. The monoisotopic (exact) mass is 199 g/mol. The quantitative estimate of drug-likeness (QED) is 0.661. The SMILES string of the molecule is C=CC[C@@]1(CC(C)C)C[C@H](CO)ON1. The van der Waals surface area contributed by atoms with Crippen molar-refractivity contribution in [2.45, 2.75) is 44.8 Å². The van der Waals surface area contributed by atoms with Crippen molar-refractivity contribution in [1.82, 2.24) is 5.48 Å². The number of hydroxylamine groups is 1. The largest absolute Gasteiger partial charge is 0.394 e. The molecule has 1 aliphatic rings. The number of hydrogen-bond acceptors (Lipinski definition) is 3. The number of aliphatic hydroxyl groups is 1. The Labute approximate surface area is 86.1 Å². The minimum Gasteiger partial charge on any atom is -0.394 e. The summed E-state index contributed by atoms with van der Waals surface area (Å²) < 4.78 is 0. The van der Waals surface area contributed by atoms with Gasteiger partial charge in [-0.25, -0.2) is 0 Å². The maximum Gasteiger partial charge on any atom is 0.104 e. The van der Waals surface area contributed by atoms with Crippen molar-refractivity contribution in [3.63, 3.8) is 0 Å². The lowest BCUT2D eigenvalue weighted by Gasteiger charge is -2.28. The zero-order valence-corrected chi connectivity index (χ0v) is 9.12. The Bertz CT molecular complexity index is 194. The van der Waals surface area contributed by atoms with Gasteiger partial charge in [0.05, 0.1) is 6.61 Å². The third kappa shape index (κ3) is 2.80. The molecule has 0 aromatic carbocycles. The summed E-state index contributed by atoms with van der Waals surface area (Å²) in [5, 5.41) is 9.01. The second kappa shape index (κ2) is 4.91. The number of rotatable bonds is 5. The predicted molar refractivity (Wildman–Crippen MR) is 56.7 cm³/mol. The van der Waals surface area contributed by atoms with Gasteiger partial charge in [-0.2, -0.15) is 5.48 Å². The number of nitrogens with one attached hydrogen (secondary N) is 1. The van der Waals surface area contributed by atoms with Crippen molar-refractivity contribution < 1.29 is 9.94 Å². The number of hydrogen-bond donors (Lipinski definition) is 2. The number of aliphatic hydroxyl groups excluding tert-OH is 1. The van der Waals surface area contributed by atoms with Crippen LogP contribution in [-0.2, 0) is 4.84 Å². The van der Waals surface area contributed by atoms with Crippen LogP contribution in [0.4, 0.5) is 0 Å². The molecule has 0 aromatic heterocycles. The smallest absolute Gasteiger partial charge is 0.104 e. The van der Waals surface area contributed by atoms with Crippen molar-refractivity contribution in [3.8, 4) is 0 Å².